The van der Waals surface area contributed by atoms with E-state index in [4.69, 9.17) is 17.2 Å². The van der Waals surface area contributed by atoms with Crippen LogP contribution in [0.25, 0.3) is 65.5 Å². The van der Waals surface area contributed by atoms with E-state index in [1.807, 2.05) is 76.5 Å². The van der Waals surface area contributed by atoms with Crippen molar-refractivity contribution in [3.63, 3.8) is 0 Å². The summed E-state index contributed by atoms with van der Waals surface area (Å²) < 4.78 is 214. The summed E-state index contributed by atoms with van der Waals surface area (Å²) in [6.45, 7) is 17.5. The van der Waals surface area contributed by atoms with Gasteiger partial charge in [0.2, 0.25) is 17.8 Å². The van der Waals surface area contributed by atoms with Gasteiger partial charge in [0.25, 0.3) is 30.1 Å². The molecule has 0 spiro atoms. The summed E-state index contributed by atoms with van der Waals surface area (Å²) in [4.78, 5) is 36.0. The zero-order valence-corrected chi connectivity index (χ0v) is 61.3. The van der Waals surface area contributed by atoms with Crippen LogP contribution in [0.3, 0.4) is 0 Å². The van der Waals surface area contributed by atoms with Crippen LogP contribution in [0.4, 0.5) is 74.4 Å². The lowest BCUT2D eigenvalue weighted by Gasteiger charge is -2.14. The van der Waals surface area contributed by atoms with Crippen LogP contribution >= 0.6 is 34.0 Å². The van der Waals surface area contributed by atoms with Crippen LogP contribution in [0.1, 0.15) is 77.3 Å². The number of hydrogen-bond donors (Lipinski definition) is 6. The van der Waals surface area contributed by atoms with Gasteiger partial charge in [0.1, 0.15) is 34.9 Å². The zero-order valence-electron chi connectivity index (χ0n) is 56.4. The van der Waals surface area contributed by atoms with E-state index in [9.17, 15) is 51.6 Å². The van der Waals surface area contributed by atoms with Crippen molar-refractivity contribution < 1.29 is 64.8 Å². The number of nitrogens with one attached hydrogen (secondary N) is 3. The minimum Gasteiger partial charge on any atom is -0.368 e. The van der Waals surface area contributed by atoms with E-state index in [0.717, 1.165) is 72.8 Å². The molecule has 6 aromatic carbocycles. The average molecular weight is 1560 g/mol. The van der Waals surface area contributed by atoms with Crippen molar-refractivity contribution in [2.75, 3.05) is 31.4 Å². The van der Waals surface area contributed by atoms with Crippen LogP contribution < -0.4 is 31.4 Å². The highest BCUT2D eigenvalue weighted by Gasteiger charge is 2.34. The molecule has 0 atom stereocenters. The number of hydrogen-bond acceptors (Lipinski definition) is 21. The molecule has 0 saturated carbocycles. The number of nitrogen functional groups attached to an aromatic ring is 3. The van der Waals surface area contributed by atoms with Gasteiger partial charge in [-0.15, -0.1) is 34.0 Å². The fraction of sp³-hybridized carbons (Fsp3) is 0.174. The molecule has 0 fully saturated rings. The molecule has 0 aliphatic heterocycles. The maximum absolute atomic E-state index is 15.7. The Morgan fingerprint density at radius 3 is 0.752 bits per heavy atom. The number of anilines is 6. The Kier molecular flexibility index (Phi) is 22.0. The Morgan fingerprint density at radius 1 is 0.324 bits per heavy atom. The van der Waals surface area contributed by atoms with Gasteiger partial charge < -0.3 is 17.2 Å². The highest BCUT2D eigenvalue weighted by Crippen LogP contribution is 2.46. The van der Waals surface area contributed by atoms with Crippen LogP contribution in [0.2, 0.25) is 0 Å². The average Bonchev–Trinajstić information content (AvgIpc) is 1.72. The molecule has 0 aliphatic rings. The van der Waals surface area contributed by atoms with Crippen molar-refractivity contribution in [1.82, 2.24) is 44.9 Å². The third kappa shape index (κ3) is 17.0. The number of sulfonamides is 3. The van der Waals surface area contributed by atoms with Crippen LogP contribution in [-0.4, -0.2) is 70.1 Å². The first kappa shape index (κ1) is 77.1. The fourth-order valence-corrected chi connectivity index (χ4v) is 16.6. The minimum atomic E-state index is -4.78. The molecule has 0 amide bonds. The quantitative estimate of drug-likeness (QED) is 0.0519. The zero-order chi connectivity index (χ0) is 76.6. The summed E-state index contributed by atoms with van der Waals surface area (Å²) >= 11 is 3.87. The van der Waals surface area contributed by atoms with Gasteiger partial charge in [0.05, 0.1) is 80.9 Å². The minimum absolute atomic E-state index is 0.0213. The molecular formula is C69H60F9N15O6S6. The number of rotatable bonds is 15. The number of benzene rings is 6. The lowest BCUT2D eigenvalue weighted by atomic mass is 9.98. The Morgan fingerprint density at radius 2 is 0.543 bits per heavy atom. The van der Waals surface area contributed by atoms with E-state index in [2.05, 4.69) is 44.9 Å². The molecule has 0 aliphatic carbocycles. The summed E-state index contributed by atoms with van der Waals surface area (Å²) in [5.41, 5.74) is 16.4. The van der Waals surface area contributed by atoms with Crippen LogP contribution in [0.5, 0.6) is 0 Å². The summed E-state index contributed by atoms with van der Waals surface area (Å²) in [5.74, 6) is -10.6. The molecule has 546 valence electrons. The molecule has 0 saturated heterocycles. The number of thiazole rings is 3. The van der Waals surface area contributed by atoms with Crippen molar-refractivity contribution in [3.8, 4) is 65.5 Å². The van der Waals surface area contributed by atoms with Gasteiger partial charge in [-0.05, 0) is 91.0 Å². The second-order valence-electron chi connectivity index (χ2n) is 25.7. The third-order valence-corrected chi connectivity index (χ3v) is 23.3. The topological polar surface area (TPSA) is 333 Å². The molecule has 0 radical (unpaired) electrons. The van der Waals surface area contributed by atoms with Gasteiger partial charge in [-0.25, -0.2) is 110 Å². The van der Waals surface area contributed by atoms with Gasteiger partial charge in [-0.1, -0.05) is 98.7 Å². The standard InChI is InChI=1S/3C23H20F3N5O2S2/c3*1-23(2,3)21-30-18(19(34-21)16-10-11-28-22(27)29-16)12-6-4-9-15(17(12)26)31-35(32,33)20-13(24)7-5-8-14(20)25/h3*4-11,31H,1-3H3,(H2,27,28,29). The van der Waals surface area contributed by atoms with E-state index in [1.165, 1.54) is 89.0 Å². The lowest BCUT2D eigenvalue weighted by Crippen LogP contribution is -2.17. The van der Waals surface area contributed by atoms with E-state index >= 15 is 13.2 Å². The number of aromatic nitrogens is 9. The summed E-state index contributed by atoms with van der Waals surface area (Å²) in [7, 11) is -14.3. The first-order chi connectivity index (χ1) is 49.1. The molecule has 21 nitrogen and oxygen atoms in total. The predicted octanol–water partition coefficient (Wildman–Crippen LogP) is 16.1. The SMILES string of the molecule is CC(C)(C)c1nc(-c2cccc(NS(=O)(=O)c3c(F)cccc3F)c2F)c(-c2ccnc(N)n2)s1.CC(C)(C)c1nc(-c2cccc(NS(=O)(=O)c3c(F)cccc3F)c2F)c(-c2ccnc(N)n2)s1.CC(C)(C)c1nc(-c2cccc(NS(=O)(=O)c3c(F)cccc3F)c2F)c(-c2ccnc(N)n2)s1. The summed E-state index contributed by atoms with van der Waals surface area (Å²) in [5, 5.41) is 2.04. The van der Waals surface area contributed by atoms with Gasteiger partial charge in [0, 0.05) is 51.5 Å². The molecule has 0 unspecified atom stereocenters. The van der Waals surface area contributed by atoms with E-state index in [0.29, 0.717) is 46.7 Å². The molecule has 12 rings (SSSR count). The summed E-state index contributed by atoms with van der Waals surface area (Å²) in [6.07, 6.45) is 4.38. The molecule has 9 N–H and O–H groups in total. The van der Waals surface area contributed by atoms with Crippen molar-refractivity contribution in [2.45, 2.75) is 93.2 Å². The van der Waals surface area contributed by atoms with Gasteiger partial charge in [-0.3, -0.25) is 14.2 Å². The molecule has 0 bridgehead atoms. The van der Waals surface area contributed by atoms with E-state index in [-0.39, 0.29) is 67.9 Å². The first-order valence-electron chi connectivity index (χ1n) is 30.7. The molecule has 12 aromatic rings. The Hall–Kier alpha value is -10.5. The Balaban J connectivity index is 0.000000169. The highest BCUT2D eigenvalue weighted by atomic mass is 32.2. The van der Waals surface area contributed by atoms with Crippen LogP contribution in [-0.2, 0) is 46.3 Å². The predicted molar refractivity (Wildman–Crippen MR) is 386 cm³/mol. The summed E-state index contributed by atoms with van der Waals surface area (Å²) in [6, 6.07) is 24.6. The second kappa shape index (κ2) is 29.9. The largest absolute Gasteiger partial charge is 0.368 e. The van der Waals surface area contributed by atoms with Crippen molar-refractivity contribution in [3.05, 3.63) is 213 Å². The molecule has 6 heterocycles. The normalized spacial score (nSPS) is 12.1. The molecule has 6 aromatic heterocycles. The van der Waals surface area contributed by atoms with E-state index in [1.54, 1.807) is 18.2 Å². The van der Waals surface area contributed by atoms with Crippen molar-refractivity contribution in [2.24, 2.45) is 0 Å². The van der Waals surface area contributed by atoms with E-state index < -0.39 is 114 Å². The molecule has 36 heteroatoms. The lowest BCUT2D eigenvalue weighted by molar-refractivity contribution is 0.519. The van der Waals surface area contributed by atoms with Crippen molar-refractivity contribution >= 4 is 99.0 Å². The number of nitrogens with zero attached hydrogens (tertiary/aromatic N) is 9. The second-order valence-corrected chi connectivity index (χ2v) is 33.6. The maximum atomic E-state index is 15.7. The van der Waals surface area contributed by atoms with Crippen LogP contribution in [0.15, 0.2) is 161 Å². The molecule has 105 heavy (non-hydrogen) atoms. The van der Waals surface area contributed by atoms with Gasteiger partial charge >= 0.3 is 0 Å². The first-order valence-corrected chi connectivity index (χ1v) is 37.6. The van der Waals surface area contributed by atoms with Crippen LogP contribution in [0, 0.1) is 52.4 Å². The number of nitrogens with two attached hydrogens (primary N) is 3. The smallest absolute Gasteiger partial charge is 0.267 e. The third-order valence-electron chi connectivity index (χ3n) is 14.6. The van der Waals surface area contributed by atoms with Crippen molar-refractivity contribution in [1.29, 1.82) is 0 Å². The van der Waals surface area contributed by atoms with Gasteiger partial charge in [0.15, 0.2) is 32.1 Å². The van der Waals surface area contributed by atoms with Gasteiger partial charge in [-0.2, -0.15) is 0 Å². The Labute approximate surface area is 608 Å². The number of halogens is 9. The maximum Gasteiger partial charge on any atom is 0.267 e. The molecular weight excluding hydrogens is 1500 g/mol. The highest BCUT2D eigenvalue weighted by molar-refractivity contribution is 7.93. The fourth-order valence-electron chi connectivity index (χ4n) is 9.68. The monoisotopic (exact) mass is 1560 g/mol. The Bertz CT molecular complexity index is 5090.